The number of allylic oxidation sites excluding steroid dienone is 5. The number of hydrogen-bond acceptors (Lipinski definition) is 2. The van der Waals surface area contributed by atoms with Crippen molar-refractivity contribution in [3.8, 4) is 0 Å². The van der Waals surface area contributed by atoms with E-state index in [2.05, 4.69) is 32.1 Å². The first kappa shape index (κ1) is 10.8. The van der Waals surface area contributed by atoms with Crippen molar-refractivity contribution in [2.45, 2.75) is 33.3 Å². The Kier molecular flexibility index (Phi) is 2.29. The summed E-state index contributed by atoms with van der Waals surface area (Å²) in [5.41, 5.74) is 4.08. The fourth-order valence-electron chi connectivity index (χ4n) is 3.22. The van der Waals surface area contributed by atoms with E-state index in [1.165, 1.54) is 16.7 Å². The topological polar surface area (TPSA) is 26.3 Å². The zero-order valence-corrected chi connectivity index (χ0v) is 10.6. The number of hydrogen-bond donors (Lipinski definition) is 0. The number of esters is 1. The monoisotopic (exact) mass is 230 g/mol. The van der Waals surface area contributed by atoms with E-state index in [9.17, 15) is 4.79 Å². The molecule has 1 aliphatic heterocycles. The van der Waals surface area contributed by atoms with Gasteiger partial charge in [-0.3, -0.25) is 4.79 Å². The largest absolute Gasteiger partial charge is 0.461 e. The van der Waals surface area contributed by atoms with Crippen molar-refractivity contribution < 1.29 is 9.53 Å². The number of rotatable bonds is 0. The Morgan fingerprint density at radius 3 is 2.82 bits per heavy atom. The third kappa shape index (κ3) is 1.50. The van der Waals surface area contributed by atoms with Crippen LogP contribution < -0.4 is 0 Å². The van der Waals surface area contributed by atoms with Crippen LogP contribution in [0.15, 0.2) is 34.9 Å². The molecule has 1 saturated heterocycles. The lowest BCUT2D eigenvalue weighted by molar-refractivity contribution is -0.144. The van der Waals surface area contributed by atoms with Gasteiger partial charge in [0.2, 0.25) is 0 Å². The SMILES string of the molecule is CC1=CC=C2C1=C[C@H]1[C@@H](C[C@H]2C)OC(=O)[C@@H]1C. The highest BCUT2D eigenvalue weighted by Crippen LogP contribution is 2.43. The average molecular weight is 230 g/mol. The van der Waals surface area contributed by atoms with Crippen molar-refractivity contribution >= 4 is 5.97 Å². The molecule has 1 heterocycles. The average Bonchev–Trinajstić information content (AvgIpc) is 2.71. The number of carbonyl (C=O) groups is 1. The number of carbonyl (C=O) groups excluding carboxylic acids is 1. The molecule has 1 fully saturated rings. The van der Waals surface area contributed by atoms with Crippen molar-refractivity contribution in [1.82, 2.24) is 0 Å². The molecular weight excluding hydrogens is 212 g/mol. The second-order valence-electron chi connectivity index (χ2n) is 5.53. The maximum Gasteiger partial charge on any atom is 0.309 e. The van der Waals surface area contributed by atoms with Crippen LogP contribution in [-0.4, -0.2) is 12.1 Å². The second kappa shape index (κ2) is 3.59. The highest BCUT2D eigenvalue weighted by Gasteiger charge is 2.43. The lowest BCUT2D eigenvalue weighted by Crippen LogP contribution is -2.18. The van der Waals surface area contributed by atoms with E-state index < -0.39 is 0 Å². The summed E-state index contributed by atoms with van der Waals surface area (Å²) < 4.78 is 5.50. The maximum atomic E-state index is 11.7. The first-order valence-electron chi connectivity index (χ1n) is 6.39. The van der Waals surface area contributed by atoms with Crippen LogP contribution in [-0.2, 0) is 9.53 Å². The molecular formula is C15H18O2. The Balaban J connectivity index is 2.04. The third-order valence-corrected chi connectivity index (χ3v) is 4.37. The fraction of sp³-hybridized carbons (Fsp3) is 0.533. The molecule has 90 valence electrons. The summed E-state index contributed by atoms with van der Waals surface area (Å²) in [4.78, 5) is 11.7. The van der Waals surface area contributed by atoms with Crippen LogP contribution >= 0.6 is 0 Å². The molecule has 0 bridgehead atoms. The molecule has 0 unspecified atom stereocenters. The van der Waals surface area contributed by atoms with Gasteiger partial charge < -0.3 is 4.74 Å². The zero-order valence-electron chi connectivity index (χ0n) is 10.6. The van der Waals surface area contributed by atoms with Gasteiger partial charge >= 0.3 is 5.97 Å². The van der Waals surface area contributed by atoms with Crippen LogP contribution in [0.2, 0.25) is 0 Å². The molecule has 2 heteroatoms. The third-order valence-electron chi connectivity index (χ3n) is 4.37. The minimum Gasteiger partial charge on any atom is -0.461 e. The van der Waals surface area contributed by atoms with Crippen LogP contribution in [0.5, 0.6) is 0 Å². The van der Waals surface area contributed by atoms with Gasteiger partial charge in [-0.25, -0.2) is 0 Å². The lowest BCUT2D eigenvalue weighted by Gasteiger charge is -2.17. The molecule has 0 spiro atoms. The van der Waals surface area contributed by atoms with Crippen LogP contribution in [0.25, 0.3) is 0 Å². The van der Waals surface area contributed by atoms with E-state index in [1.54, 1.807) is 0 Å². The molecule has 0 aromatic carbocycles. The quantitative estimate of drug-likeness (QED) is 0.598. The summed E-state index contributed by atoms with van der Waals surface area (Å²) in [5, 5.41) is 0. The first-order chi connectivity index (χ1) is 8.08. The van der Waals surface area contributed by atoms with E-state index in [0.29, 0.717) is 5.92 Å². The Morgan fingerprint density at radius 1 is 1.29 bits per heavy atom. The Hall–Kier alpha value is -1.31. The normalized spacial score (nSPS) is 39.7. The van der Waals surface area contributed by atoms with Crippen LogP contribution in [0, 0.1) is 17.8 Å². The van der Waals surface area contributed by atoms with Gasteiger partial charge in [0.25, 0.3) is 0 Å². The molecule has 0 aromatic rings. The minimum absolute atomic E-state index is 0.00690. The summed E-state index contributed by atoms with van der Waals surface area (Å²) in [6.45, 7) is 6.35. The van der Waals surface area contributed by atoms with Gasteiger partial charge in [0.05, 0.1) is 5.92 Å². The van der Waals surface area contributed by atoms with Crippen molar-refractivity contribution in [1.29, 1.82) is 0 Å². The minimum atomic E-state index is -0.0314. The van der Waals surface area contributed by atoms with Gasteiger partial charge in [0, 0.05) is 5.92 Å². The van der Waals surface area contributed by atoms with E-state index >= 15 is 0 Å². The van der Waals surface area contributed by atoms with Gasteiger partial charge in [0.15, 0.2) is 0 Å². The van der Waals surface area contributed by atoms with Gasteiger partial charge in [-0.2, -0.15) is 0 Å². The van der Waals surface area contributed by atoms with Crippen molar-refractivity contribution in [2.75, 3.05) is 0 Å². The van der Waals surface area contributed by atoms with E-state index in [4.69, 9.17) is 4.74 Å². The summed E-state index contributed by atoms with van der Waals surface area (Å²) in [7, 11) is 0. The highest BCUT2D eigenvalue weighted by molar-refractivity contribution is 5.75. The van der Waals surface area contributed by atoms with Gasteiger partial charge in [-0.1, -0.05) is 32.1 Å². The zero-order chi connectivity index (χ0) is 12.2. The Morgan fingerprint density at radius 2 is 2.06 bits per heavy atom. The summed E-state index contributed by atoms with van der Waals surface area (Å²) in [5.74, 6) is 0.707. The molecule has 0 saturated carbocycles. The van der Waals surface area contributed by atoms with Crippen molar-refractivity contribution in [3.05, 3.63) is 34.9 Å². The molecule has 2 aliphatic carbocycles. The molecule has 0 N–H and O–H groups in total. The predicted molar refractivity (Wildman–Crippen MR) is 66.2 cm³/mol. The summed E-state index contributed by atoms with van der Waals surface area (Å²) in [6.07, 6.45) is 7.71. The van der Waals surface area contributed by atoms with E-state index in [1.807, 2.05) is 6.92 Å². The molecule has 17 heavy (non-hydrogen) atoms. The standard InChI is InChI=1S/C15H18O2/c1-8-4-5-11-9(2)6-14-13(7-12(8)11)10(3)15(16)17-14/h4-5,7,9-10,13-14H,6H2,1-3H3/t9-,10-,13-,14-/m1/s1. The Labute approximate surface area is 102 Å². The Bertz CT molecular complexity index is 467. The fourth-order valence-corrected chi connectivity index (χ4v) is 3.22. The van der Waals surface area contributed by atoms with E-state index in [-0.39, 0.29) is 23.9 Å². The van der Waals surface area contributed by atoms with Gasteiger partial charge in [-0.15, -0.1) is 0 Å². The predicted octanol–water partition coefficient (Wildman–Crippen LogP) is 3.02. The molecule has 0 amide bonds. The number of ether oxygens (including phenoxy) is 1. The summed E-state index contributed by atoms with van der Waals surface area (Å²) >= 11 is 0. The van der Waals surface area contributed by atoms with Crippen LogP contribution in [0.3, 0.4) is 0 Å². The molecule has 3 rings (SSSR count). The van der Waals surface area contributed by atoms with E-state index in [0.717, 1.165) is 6.42 Å². The maximum absolute atomic E-state index is 11.7. The molecule has 4 atom stereocenters. The second-order valence-corrected chi connectivity index (χ2v) is 5.53. The first-order valence-corrected chi connectivity index (χ1v) is 6.39. The van der Waals surface area contributed by atoms with Crippen LogP contribution in [0.4, 0.5) is 0 Å². The lowest BCUT2D eigenvalue weighted by atomic mass is 9.89. The molecule has 3 aliphatic rings. The van der Waals surface area contributed by atoms with Gasteiger partial charge in [0.1, 0.15) is 6.10 Å². The highest BCUT2D eigenvalue weighted by atomic mass is 16.6. The van der Waals surface area contributed by atoms with Gasteiger partial charge in [-0.05, 0) is 36.0 Å². The molecule has 2 nitrogen and oxygen atoms in total. The number of fused-ring (bicyclic) bond motifs is 2. The van der Waals surface area contributed by atoms with Crippen molar-refractivity contribution in [3.63, 3.8) is 0 Å². The smallest absolute Gasteiger partial charge is 0.309 e. The molecule has 0 radical (unpaired) electrons. The molecule has 0 aromatic heterocycles. The van der Waals surface area contributed by atoms with Crippen LogP contribution in [0.1, 0.15) is 27.2 Å². The summed E-state index contributed by atoms with van der Waals surface area (Å²) in [6, 6.07) is 0. The van der Waals surface area contributed by atoms with Crippen molar-refractivity contribution in [2.24, 2.45) is 17.8 Å².